The van der Waals surface area contributed by atoms with Gasteiger partial charge in [-0.3, -0.25) is 9.78 Å². The third-order valence-electron chi connectivity index (χ3n) is 4.23. The molecule has 0 spiro atoms. The first kappa shape index (κ1) is 20.2. The number of nitrogens with zero attached hydrogens (tertiary/aromatic N) is 2. The molecule has 30 heavy (non-hydrogen) atoms. The summed E-state index contributed by atoms with van der Waals surface area (Å²) in [5.41, 5.74) is 4.01. The van der Waals surface area contributed by atoms with Crippen LogP contribution in [-0.4, -0.2) is 28.5 Å². The molecule has 0 saturated heterocycles. The number of amides is 1. The van der Waals surface area contributed by atoms with Crippen LogP contribution >= 0.6 is 27.3 Å². The number of carbonyl (C=O) groups is 2. The number of nitrogens with one attached hydrogen (secondary N) is 1. The summed E-state index contributed by atoms with van der Waals surface area (Å²) in [6.45, 7) is 1.66. The highest BCUT2D eigenvalue weighted by Gasteiger charge is 2.12. The zero-order valence-electron chi connectivity index (χ0n) is 15.9. The summed E-state index contributed by atoms with van der Waals surface area (Å²) in [5.74, 6) is -1.03. The van der Waals surface area contributed by atoms with Crippen molar-refractivity contribution in [2.45, 2.75) is 6.92 Å². The number of pyridine rings is 1. The zero-order valence-corrected chi connectivity index (χ0v) is 18.3. The van der Waals surface area contributed by atoms with Gasteiger partial charge in [-0.2, -0.15) is 0 Å². The number of hydrogen-bond donors (Lipinski definition) is 1. The van der Waals surface area contributed by atoms with Crippen molar-refractivity contribution in [2.75, 3.05) is 11.9 Å². The molecule has 1 amide bonds. The van der Waals surface area contributed by atoms with Crippen LogP contribution < -0.4 is 5.32 Å². The first-order valence-electron chi connectivity index (χ1n) is 9.03. The minimum Gasteiger partial charge on any atom is -0.452 e. The van der Waals surface area contributed by atoms with Gasteiger partial charge in [0.2, 0.25) is 0 Å². The van der Waals surface area contributed by atoms with Crippen molar-refractivity contribution in [3.05, 3.63) is 76.5 Å². The Bertz CT molecular complexity index is 1240. The Kier molecular flexibility index (Phi) is 5.87. The molecule has 6 nitrogen and oxygen atoms in total. The molecule has 0 bridgehead atoms. The van der Waals surface area contributed by atoms with E-state index in [2.05, 4.69) is 49.4 Å². The molecule has 0 aliphatic carbocycles. The molecule has 150 valence electrons. The molecule has 2 aromatic carbocycles. The van der Waals surface area contributed by atoms with E-state index in [0.29, 0.717) is 10.2 Å². The second-order valence-electron chi connectivity index (χ2n) is 6.58. The number of carbonyl (C=O) groups excluding carboxylic acids is 2. The van der Waals surface area contributed by atoms with Gasteiger partial charge < -0.3 is 10.1 Å². The first-order valence-corrected chi connectivity index (χ1v) is 10.6. The lowest BCUT2D eigenvalue weighted by Crippen LogP contribution is -2.21. The van der Waals surface area contributed by atoms with E-state index in [1.54, 1.807) is 35.7 Å². The van der Waals surface area contributed by atoms with Crippen LogP contribution in [0.3, 0.4) is 0 Å². The molecule has 0 fully saturated rings. The summed E-state index contributed by atoms with van der Waals surface area (Å²) >= 11 is 4.86. The van der Waals surface area contributed by atoms with Crippen LogP contribution in [0.4, 0.5) is 5.69 Å². The predicted octanol–water partition coefficient (Wildman–Crippen LogP) is 5.22. The maximum Gasteiger partial charge on any atom is 0.340 e. The van der Waals surface area contributed by atoms with E-state index < -0.39 is 11.9 Å². The van der Waals surface area contributed by atoms with Gasteiger partial charge in [0.25, 0.3) is 5.91 Å². The third kappa shape index (κ3) is 4.72. The maximum atomic E-state index is 12.1. The van der Waals surface area contributed by atoms with Crippen molar-refractivity contribution in [1.82, 2.24) is 9.97 Å². The lowest BCUT2D eigenvalue weighted by molar-refractivity contribution is -0.119. The van der Waals surface area contributed by atoms with Crippen LogP contribution in [-0.2, 0) is 9.53 Å². The molecule has 8 heteroatoms. The van der Waals surface area contributed by atoms with Crippen molar-refractivity contribution in [3.8, 4) is 10.6 Å². The highest BCUT2D eigenvalue weighted by atomic mass is 79.9. The quantitative estimate of drug-likeness (QED) is 0.395. The monoisotopic (exact) mass is 481 g/mol. The smallest absolute Gasteiger partial charge is 0.340 e. The molecule has 0 saturated carbocycles. The largest absolute Gasteiger partial charge is 0.452 e. The third-order valence-corrected chi connectivity index (χ3v) is 5.75. The van der Waals surface area contributed by atoms with Gasteiger partial charge in [-0.25, -0.2) is 9.78 Å². The van der Waals surface area contributed by atoms with Gasteiger partial charge in [0.05, 0.1) is 15.8 Å². The van der Waals surface area contributed by atoms with Gasteiger partial charge in [-0.05, 0) is 70.9 Å². The Balaban J connectivity index is 1.36. The average Bonchev–Trinajstić information content (AvgIpc) is 3.15. The van der Waals surface area contributed by atoms with Gasteiger partial charge in [0.1, 0.15) is 5.01 Å². The number of thiazole rings is 1. The van der Waals surface area contributed by atoms with E-state index >= 15 is 0 Å². The van der Waals surface area contributed by atoms with Gasteiger partial charge in [0.15, 0.2) is 6.61 Å². The highest BCUT2D eigenvalue weighted by molar-refractivity contribution is 9.10. The molecule has 0 aliphatic heterocycles. The molecule has 2 heterocycles. The molecule has 0 atom stereocenters. The minimum atomic E-state index is -0.611. The number of aromatic nitrogens is 2. The molecule has 0 radical (unpaired) electrons. The number of esters is 1. The number of fused-ring (bicyclic) bond motifs is 1. The van der Waals surface area contributed by atoms with Crippen LogP contribution in [0.1, 0.15) is 15.9 Å². The van der Waals surface area contributed by atoms with Crippen LogP contribution in [0.15, 0.2) is 65.4 Å². The predicted molar refractivity (Wildman–Crippen MR) is 121 cm³/mol. The molecule has 0 aliphatic rings. The van der Waals surface area contributed by atoms with Crippen LogP contribution in [0.2, 0.25) is 0 Å². The van der Waals surface area contributed by atoms with E-state index in [9.17, 15) is 9.59 Å². The van der Waals surface area contributed by atoms with E-state index in [1.165, 1.54) is 11.8 Å². The van der Waals surface area contributed by atoms with Gasteiger partial charge in [-0.15, -0.1) is 11.3 Å². The van der Waals surface area contributed by atoms with Crippen molar-refractivity contribution in [1.29, 1.82) is 0 Å². The Morgan fingerprint density at radius 1 is 1.10 bits per heavy atom. The Hall–Kier alpha value is -3.10. The minimum absolute atomic E-state index is 0.271. The normalized spacial score (nSPS) is 10.7. The van der Waals surface area contributed by atoms with Gasteiger partial charge in [-0.1, -0.05) is 6.07 Å². The van der Waals surface area contributed by atoms with Crippen LogP contribution in [0, 0.1) is 6.92 Å². The van der Waals surface area contributed by atoms with Gasteiger partial charge in [0, 0.05) is 28.1 Å². The van der Waals surface area contributed by atoms with Crippen LogP contribution in [0.25, 0.3) is 20.8 Å². The Labute approximate surface area is 185 Å². The summed E-state index contributed by atoms with van der Waals surface area (Å²) < 4.78 is 6.83. The number of aryl methyl sites for hydroxylation is 1. The summed E-state index contributed by atoms with van der Waals surface area (Å²) in [7, 11) is 0. The van der Waals surface area contributed by atoms with Crippen molar-refractivity contribution >= 4 is 55.0 Å². The number of halogens is 1. The maximum absolute atomic E-state index is 12.1. The lowest BCUT2D eigenvalue weighted by atomic mass is 10.2. The van der Waals surface area contributed by atoms with Crippen molar-refractivity contribution in [3.63, 3.8) is 0 Å². The fraction of sp³-hybridized carbons (Fsp3) is 0.0909. The summed E-state index contributed by atoms with van der Waals surface area (Å²) in [4.78, 5) is 32.7. The topological polar surface area (TPSA) is 81.2 Å². The highest BCUT2D eigenvalue weighted by Crippen LogP contribution is 2.31. The summed E-state index contributed by atoms with van der Waals surface area (Å²) in [6.07, 6.45) is 2.94. The number of benzene rings is 2. The molecular weight excluding hydrogens is 466 g/mol. The second-order valence-corrected chi connectivity index (χ2v) is 8.53. The zero-order chi connectivity index (χ0) is 21.1. The molecule has 0 unspecified atom stereocenters. The van der Waals surface area contributed by atoms with Crippen molar-refractivity contribution in [2.24, 2.45) is 0 Å². The molecule has 2 aromatic heterocycles. The average molecular weight is 482 g/mol. The summed E-state index contributed by atoms with van der Waals surface area (Å²) in [5, 5.41) is 3.64. The van der Waals surface area contributed by atoms with Crippen LogP contribution in [0.5, 0.6) is 0 Å². The number of anilines is 1. The fourth-order valence-corrected chi connectivity index (χ4v) is 4.11. The molecular formula is C22H16BrN3O3S. The number of ether oxygens (including phenoxy) is 1. The summed E-state index contributed by atoms with van der Waals surface area (Å²) in [6, 6.07) is 15.2. The van der Waals surface area contributed by atoms with Crippen molar-refractivity contribution < 1.29 is 14.3 Å². The van der Waals surface area contributed by atoms with E-state index in [0.717, 1.165) is 20.8 Å². The van der Waals surface area contributed by atoms with E-state index in [-0.39, 0.29) is 12.2 Å². The fourth-order valence-electron chi connectivity index (χ4n) is 2.79. The SMILES string of the molecule is Cc1ccc2sc(-c3ccc(NC(=O)COC(=O)c4cncc(Br)c4)cc3)nc2c1. The molecule has 4 rings (SSSR count). The standard InChI is InChI=1S/C22H16BrN3O3S/c1-13-2-7-19-18(8-13)26-21(30-19)14-3-5-17(6-4-14)25-20(27)12-29-22(28)15-9-16(23)11-24-10-15/h2-11H,12H2,1H3,(H,25,27). The lowest BCUT2D eigenvalue weighted by Gasteiger charge is -2.07. The van der Waals surface area contributed by atoms with Gasteiger partial charge >= 0.3 is 5.97 Å². The number of hydrogen-bond acceptors (Lipinski definition) is 6. The molecule has 1 N–H and O–H groups in total. The number of rotatable bonds is 5. The first-order chi connectivity index (χ1) is 14.5. The van der Waals surface area contributed by atoms with E-state index in [4.69, 9.17) is 4.74 Å². The molecule has 4 aromatic rings. The Morgan fingerprint density at radius 3 is 2.67 bits per heavy atom. The second kappa shape index (κ2) is 8.73. The Morgan fingerprint density at radius 2 is 1.90 bits per heavy atom. The van der Waals surface area contributed by atoms with E-state index in [1.807, 2.05) is 19.1 Å².